The summed E-state index contributed by atoms with van der Waals surface area (Å²) in [5.74, 6) is 0.149. The SMILES string of the molecule is CCCC(=O)NC1COC1. The molecule has 0 aliphatic carbocycles. The van der Waals surface area contributed by atoms with Gasteiger partial charge in [-0.2, -0.15) is 0 Å². The van der Waals surface area contributed by atoms with Gasteiger partial charge >= 0.3 is 0 Å². The summed E-state index contributed by atoms with van der Waals surface area (Å²) in [6.45, 7) is 3.38. The van der Waals surface area contributed by atoms with Crippen molar-refractivity contribution in [2.45, 2.75) is 25.8 Å². The molecule has 0 atom stereocenters. The molecule has 3 nitrogen and oxygen atoms in total. The first-order valence-electron chi connectivity index (χ1n) is 3.70. The Morgan fingerprint density at radius 3 is 2.80 bits per heavy atom. The van der Waals surface area contributed by atoms with Crippen LogP contribution in [0, 0.1) is 0 Å². The molecule has 0 saturated carbocycles. The molecule has 0 aromatic carbocycles. The van der Waals surface area contributed by atoms with E-state index in [1.165, 1.54) is 0 Å². The van der Waals surface area contributed by atoms with Gasteiger partial charge in [0.1, 0.15) is 0 Å². The summed E-state index contributed by atoms with van der Waals surface area (Å²) < 4.78 is 4.90. The molecule has 58 valence electrons. The fraction of sp³-hybridized carbons (Fsp3) is 0.857. The van der Waals surface area contributed by atoms with Crippen molar-refractivity contribution in [2.75, 3.05) is 13.2 Å². The Kier molecular flexibility index (Phi) is 2.68. The highest BCUT2D eigenvalue weighted by atomic mass is 16.5. The van der Waals surface area contributed by atoms with E-state index in [0.717, 1.165) is 6.42 Å². The van der Waals surface area contributed by atoms with Gasteiger partial charge in [0.2, 0.25) is 5.91 Å². The van der Waals surface area contributed by atoms with E-state index in [1.807, 2.05) is 6.92 Å². The molecule has 0 aromatic rings. The van der Waals surface area contributed by atoms with E-state index in [2.05, 4.69) is 5.32 Å². The summed E-state index contributed by atoms with van der Waals surface area (Å²) in [6, 6.07) is 0.291. The summed E-state index contributed by atoms with van der Waals surface area (Å²) in [7, 11) is 0. The topological polar surface area (TPSA) is 38.3 Å². The quantitative estimate of drug-likeness (QED) is 0.617. The molecule has 1 heterocycles. The van der Waals surface area contributed by atoms with Crippen molar-refractivity contribution in [3.63, 3.8) is 0 Å². The molecule has 1 N–H and O–H groups in total. The summed E-state index contributed by atoms with van der Waals surface area (Å²) in [5.41, 5.74) is 0. The van der Waals surface area contributed by atoms with Gasteiger partial charge in [-0.05, 0) is 6.42 Å². The minimum absolute atomic E-state index is 0.149. The molecular formula is C7H13NO2. The van der Waals surface area contributed by atoms with Crippen LogP contribution in [0.5, 0.6) is 0 Å². The molecule has 1 aliphatic rings. The predicted molar refractivity (Wildman–Crippen MR) is 37.7 cm³/mol. The van der Waals surface area contributed by atoms with E-state index in [-0.39, 0.29) is 5.91 Å². The molecule has 0 aromatic heterocycles. The number of carbonyl (C=O) groups is 1. The predicted octanol–water partition coefficient (Wildman–Crippen LogP) is 0.301. The number of ether oxygens (including phenoxy) is 1. The zero-order valence-electron chi connectivity index (χ0n) is 6.22. The van der Waals surface area contributed by atoms with Crippen molar-refractivity contribution >= 4 is 5.91 Å². The Labute approximate surface area is 60.7 Å². The number of hydrogen-bond donors (Lipinski definition) is 1. The lowest BCUT2D eigenvalue weighted by Gasteiger charge is -2.26. The van der Waals surface area contributed by atoms with Gasteiger partial charge in [-0.1, -0.05) is 6.92 Å². The first kappa shape index (κ1) is 7.54. The molecule has 3 heteroatoms. The van der Waals surface area contributed by atoms with E-state index >= 15 is 0 Å². The molecule has 0 bridgehead atoms. The maximum Gasteiger partial charge on any atom is 0.220 e. The van der Waals surface area contributed by atoms with Crippen LogP contribution >= 0.6 is 0 Å². The van der Waals surface area contributed by atoms with E-state index < -0.39 is 0 Å². The minimum atomic E-state index is 0.149. The van der Waals surface area contributed by atoms with Gasteiger partial charge < -0.3 is 10.1 Å². The smallest absolute Gasteiger partial charge is 0.220 e. The molecule has 1 aliphatic heterocycles. The Bertz CT molecular complexity index is 121. The number of rotatable bonds is 3. The lowest BCUT2D eigenvalue weighted by Crippen LogP contribution is -2.48. The molecule has 1 fully saturated rings. The van der Waals surface area contributed by atoms with Crippen LogP contribution in [0.1, 0.15) is 19.8 Å². The molecule has 1 saturated heterocycles. The molecule has 0 radical (unpaired) electrons. The highest BCUT2D eigenvalue weighted by molar-refractivity contribution is 5.76. The van der Waals surface area contributed by atoms with Crippen molar-refractivity contribution in [1.82, 2.24) is 5.32 Å². The zero-order valence-corrected chi connectivity index (χ0v) is 6.22. The van der Waals surface area contributed by atoms with Crippen LogP contribution in [0.3, 0.4) is 0 Å². The third kappa shape index (κ3) is 1.99. The van der Waals surface area contributed by atoms with Crippen molar-refractivity contribution in [3.8, 4) is 0 Å². The van der Waals surface area contributed by atoms with E-state index in [0.29, 0.717) is 25.7 Å². The largest absolute Gasteiger partial charge is 0.377 e. The standard InChI is InChI=1S/C7H13NO2/c1-2-3-7(9)8-6-4-10-5-6/h6H,2-5H2,1H3,(H,8,9). The van der Waals surface area contributed by atoms with Crippen molar-refractivity contribution in [1.29, 1.82) is 0 Å². The second-order valence-electron chi connectivity index (χ2n) is 2.55. The van der Waals surface area contributed by atoms with Gasteiger partial charge in [0.25, 0.3) is 0 Å². The number of amides is 1. The third-order valence-corrected chi connectivity index (χ3v) is 1.48. The Hall–Kier alpha value is -0.570. The van der Waals surface area contributed by atoms with Crippen LogP contribution < -0.4 is 5.32 Å². The average molecular weight is 143 g/mol. The second kappa shape index (κ2) is 3.56. The molecule has 0 unspecified atom stereocenters. The van der Waals surface area contributed by atoms with Gasteiger partial charge in [0.05, 0.1) is 19.3 Å². The Balaban J connectivity index is 2.05. The fourth-order valence-electron chi connectivity index (χ4n) is 0.846. The summed E-state index contributed by atoms with van der Waals surface area (Å²) in [5, 5.41) is 2.85. The zero-order chi connectivity index (χ0) is 7.40. The van der Waals surface area contributed by atoms with Crippen LogP contribution in [-0.2, 0) is 9.53 Å². The van der Waals surface area contributed by atoms with Gasteiger partial charge in [0, 0.05) is 6.42 Å². The van der Waals surface area contributed by atoms with E-state index in [4.69, 9.17) is 4.74 Å². The van der Waals surface area contributed by atoms with Crippen molar-refractivity contribution in [2.24, 2.45) is 0 Å². The average Bonchev–Trinajstić information content (AvgIpc) is 1.80. The molecular weight excluding hydrogens is 130 g/mol. The number of hydrogen-bond acceptors (Lipinski definition) is 2. The molecule has 0 spiro atoms. The van der Waals surface area contributed by atoms with Crippen LogP contribution in [0.4, 0.5) is 0 Å². The summed E-state index contributed by atoms with van der Waals surface area (Å²) >= 11 is 0. The molecule has 1 amide bonds. The van der Waals surface area contributed by atoms with Gasteiger partial charge in [-0.15, -0.1) is 0 Å². The monoisotopic (exact) mass is 143 g/mol. The maximum absolute atomic E-state index is 10.9. The summed E-state index contributed by atoms with van der Waals surface area (Å²) in [6.07, 6.45) is 1.55. The Morgan fingerprint density at radius 1 is 1.70 bits per heavy atom. The van der Waals surface area contributed by atoms with Crippen molar-refractivity contribution in [3.05, 3.63) is 0 Å². The first-order chi connectivity index (χ1) is 4.83. The number of carbonyl (C=O) groups excluding carboxylic acids is 1. The third-order valence-electron chi connectivity index (χ3n) is 1.48. The lowest BCUT2D eigenvalue weighted by molar-refractivity contribution is -0.125. The van der Waals surface area contributed by atoms with Crippen LogP contribution in [0.25, 0.3) is 0 Å². The van der Waals surface area contributed by atoms with Crippen LogP contribution in [-0.4, -0.2) is 25.2 Å². The van der Waals surface area contributed by atoms with E-state index in [9.17, 15) is 4.79 Å². The van der Waals surface area contributed by atoms with Gasteiger partial charge in [0.15, 0.2) is 0 Å². The van der Waals surface area contributed by atoms with Crippen LogP contribution in [0.2, 0.25) is 0 Å². The van der Waals surface area contributed by atoms with Crippen LogP contribution in [0.15, 0.2) is 0 Å². The highest BCUT2D eigenvalue weighted by Gasteiger charge is 2.19. The Morgan fingerprint density at radius 2 is 2.40 bits per heavy atom. The van der Waals surface area contributed by atoms with Crippen molar-refractivity contribution < 1.29 is 9.53 Å². The van der Waals surface area contributed by atoms with Gasteiger partial charge in [-0.3, -0.25) is 4.79 Å². The highest BCUT2D eigenvalue weighted by Crippen LogP contribution is 1.99. The van der Waals surface area contributed by atoms with E-state index in [1.54, 1.807) is 0 Å². The number of nitrogens with one attached hydrogen (secondary N) is 1. The maximum atomic E-state index is 10.9. The normalized spacial score (nSPS) is 18.1. The van der Waals surface area contributed by atoms with Gasteiger partial charge in [-0.25, -0.2) is 0 Å². The fourth-order valence-corrected chi connectivity index (χ4v) is 0.846. The summed E-state index contributed by atoms with van der Waals surface area (Å²) in [4.78, 5) is 10.9. The lowest BCUT2D eigenvalue weighted by atomic mass is 10.2. The minimum Gasteiger partial charge on any atom is -0.377 e. The second-order valence-corrected chi connectivity index (χ2v) is 2.55. The molecule has 10 heavy (non-hydrogen) atoms. The molecule has 1 rings (SSSR count). The first-order valence-corrected chi connectivity index (χ1v) is 3.70.